The van der Waals surface area contributed by atoms with Gasteiger partial charge in [-0.05, 0) is 140 Å². The van der Waals surface area contributed by atoms with E-state index in [1.54, 1.807) is 0 Å². The molecule has 0 fully saturated rings. The first-order chi connectivity index (χ1) is 22.9. The van der Waals surface area contributed by atoms with Gasteiger partial charge in [-0.1, -0.05) is 118 Å². The summed E-state index contributed by atoms with van der Waals surface area (Å²) in [6, 6.07) is 50.6. The van der Waals surface area contributed by atoms with Crippen molar-refractivity contribution in [2.45, 2.75) is 52.8 Å². The van der Waals surface area contributed by atoms with Crippen LogP contribution in [0.3, 0.4) is 0 Å². The molecule has 0 unspecified atom stereocenters. The Morgan fingerprint density at radius 2 is 0.896 bits per heavy atom. The van der Waals surface area contributed by atoms with Gasteiger partial charge in [-0.25, -0.2) is 0 Å². The molecule has 0 spiro atoms. The Bertz CT molecular complexity index is 2330. The summed E-state index contributed by atoms with van der Waals surface area (Å²) in [5, 5.41) is 6.59. The summed E-state index contributed by atoms with van der Waals surface area (Å²) >= 11 is 0. The highest BCUT2D eigenvalue weighted by molar-refractivity contribution is 6.88. The Morgan fingerprint density at radius 1 is 0.438 bits per heavy atom. The van der Waals surface area contributed by atoms with Crippen molar-refractivity contribution < 1.29 is 0 Å². The molecule has 0 bridgehead atoms. The van der Waals surface area contributed by atoms with Crippen LogP contribution in [0.2, 0.25) is 19.6 Å². The van der Waals surface area contributed by atoms with Crippen LogP contribution >= 0.6 is 0 Å². The van der Waals surface area contributed by atoms with Crippen LogP contribution < -0.4 is 10.1 Å². The second-order valence-electron chi connectivity index (χ2n) is 15.7. The zero-order chi connectivity index (χ0) is 33.4. The maximum atomic E-state index is 2.41. The van der Waals surface area contributed by atoms with Crippen molar-refractivity contribution in [3.8, 4) is 33.4 Å². The largest absolute Gasteiger partial charge is 0.310 e. The van der Waals surface area contributed by atoms with Gasteiger partial charge in [-0.3, -0.25) is 0 Å². The minimum atomic E-state index is -1.39. The van der Waals surface area contributed by atoms with E-state index in [1.807, 2.05) is 0 Å². The quantitative estimate of drug-likeness (QED) is 0.170. The van der Waals surface area contributed by atoms with Gasteiger partial charge < -0.3 is 4.90 Å². The maximum absolute atomic E-state index is 2.41. The topological polar surface area (TPSA) is 3.24 Å². The third-order valence-electron chi connectivity index (χ3n) is 10.1. The molecule has 0 saturated heterocycles. The van der Waals surface area contributed by atoms with Gasteiger partial charge in [0.1, 0.15) is 0 Å². The second kappa shape index (κ2) is 11.1. The molecule has 0 aliphatic heterocycles. The van der Waals surface area contributed by atoms with Gasteiger partial charge in [0.25, 0.3) is 0 Å². The van der Waals surface area contributed by atoms with E-state index in [-0.39, 0.29) is 5.41 Å². The van der Waals surface area contributed by atoms with Crippen LogP contribution in [0.15, 0.2) is 133 Å². The molecule has 7 aromatic rings. The molecule has 1 nitrogen and oxygen atoms in total. The minimum absolute atomic E-state index is 0.156. The molecule has 1 aliphatic carbocycles. The summed E-state index contributed by atoms with van der Waals surface area (Å²) in [5.41, 5.74) is 14.3. The first kappa shape index (κ1) is 30.4. The molecule has 8 rings (SSSR count). The zero-order valence-corrected chi connectivity index (χ0v) is 30.1. The van der Waals surface area contributed by atoms with Gasteiger partial charge in [-0.15, -0.1) is 0 Å². The highest BCUT2D eigenvalue weighted by atomic mass is 28.3. The van der Waals surface area contributed by atoms with Gasteiger partial charge in [0, 0.05) is 17.1 Å². The Kier molecular flexibility index (Phi) is 7.02. The van der Waals surface area contributed by atoms with E-state index in [0.29, 0.717) is 0 Å². The number of hydrogen-bond acceptors (Lipinski definition) is 1. The Hall–Kier alpha value is -4.92. The van der Waals surface area contributed by atoms with Crippen molar-refractivity contribution >= 4 is 51.9 Å². The number of aryl methyl sites for hydroxylation is 1. The lowest BCUT2D eigenvalue weighted by Gasteiger charge is -2.28. The second-order valence-corrected chi connectivity index (χ2v) is 20.8. The fraction of sp³-hybridized carbons (Fsp3) is 0.174. The lowest BCUT2D eigenvalue weighted by Crippen LogP contribution is -2.37. The highest BCUT2D eigenvalue weighted by Crippen LogP contribution is 2.51. The summed E-state index contributed by atoms with van der Waals surface area (Å²) in [5.74, 6) is 0. The molecule has 0 radical (unpaired) electrons. The number of hydrogen-bond donors (Lipinski definition) is 0. The van der Waals surface area contributed by atoms with E-state index in [9.17, 15) is 0 Å². The summed E-state index contributed by atoms with van der Waals surface area (Å²) in [4.78, 5) is 2.39. The maximum Gasteiger partial charge on any atom is 0.0775 e. The van der Waals surface area contributed by atoms with E-state index < -0.39 is 8.07 Å². The first-order valence-electron chi connectivity index (χ1n) is 17.2. The highest BCUT2D eigenvalue weighted by Gasteiger charge is 2.25. The first-order valence-corrected chi connectivity index (χ1v) is 20.7. The van der Waals surface area contributed by atoms with E-state index in [1.165, 1.54) is 88.3 Å². The molecule has 7 aromatic carbocycles. The Labute approximate surface area is 286 Å². The van der Waals surface area contributed by atoms with Crippen molar-refractivity contribution in [1.82, 2.24) is 0 Å². The molecule has 0 amide bonds. The standard InChI is InChI=1S/C46H43NSi/c1-30-8-17-38(18-9-30)47(39-20-22-41(23-21-39)48(5,6)7)40-19-14-34-27-43-44-28-35-24-32(31-12-15-37(16-13-31)46(2,3)4)10-11-33(35)26-42(44)45(43)29-36(34)25-40/h8-29H,1-7H3. The molecular formula is C46H43NSi. The number of nitrogens with zero attached hydrogens (tertiary/aromatic N) is 1. The fourth-order valence-electron chi connectivity index (χ4n) is 7.14. The summed E-state index contributed by atoms with van der Waals surface area (Å²) < 4.78 is 0. The van der Waals surface area contributed by atoms with Crippen LogP contribution in [0.5, 0.6) is 0 Å². The summed E-state index contributed by atoms with van der Waals surface area (Å²) in [7, 11) is -1.39. The van der Waals surface area contributed by atoms with Crippen LogP contribution in [-0.2, 0) is 5.41 Å². The van der Waals surface area contributed by atoms with Crippen molar-refractivity contribution in [3.63, 3.8) is 0 Å². The number of fused-ring (bicyclic) bond motifs is 6. The van der Waals surface area contributed by atoms with Crippen LogP contribution in [0.4, 0.5) is 17.1 Å². The van der Waals surface area contributed by atoms with Crippen LogP contribution in [-0.4, -0.2) is 8.07 Å². The average Bonchev–Trinajstić information content (AvgIpc) is 3.07. The van der Waals surface area contributed by atoms with Gasteiger partial charge in [-0.2, -0.15) is 0 Å². The van der Waals surface area contributed by atoms with Crippen LogP contribution in [0.1, 0.15) is 31.9 Å². The SMILES string of the molecule is Cc1ccc(N(c2ccc([Si](C)(C)C)cc2)c2ccc3cc4c(cc3c2)-c2cc3ccc(-c5ccc(C(C)(C)C)cc5)cc3cc2-4)cc1. The normalized spacial score (nSPS) is 12.5. The molecule has 0 atom stereocenters. The van der Waals surface area contributed by atoms with E-state index >= 15 is 0 Å². The fourth-order valence-corrected chi connectivity index (χ4v) is 8.31. The third-order valence-corrected chi connectivity index (χ3v) is 12.2. The van der Waals surface area contributed by atoms with Crippen molar-refractivity contribution in [2.75, 3.05) is 4.90 Å². The van der Waals surface area contributed by atoms with Gasteiger partial charge in [0.2, 0.25) is 0 Å². The molecule has 0 N–H and O–H groups in total. The van der Waals surface area contributed by atoms with Crippen LogP contribution in [0.25, 0.3) is 54.9 Å². The number of anilines is 3. The molecular weight excluding hydrogens is 595 g/mol. The molecule has 236 valence electrons. The Balaban J connectivity index is 1.16. The molecule has 48 heavy (non-hydrogen) atoms. The lowest BCUT2D eigenvalue weighted by atomic mass is 9.77. The third kappa shape index (κ3) is 5.35. The summed E-state index contributed by atoms with van der Waals surface area (Å²) in [6.07, 6.45) is 0. The van der Waals surface area contributed by atoms with Crippen LogP contribution in [0, 0.1) is 6.92 Å². The van der Waals surface area contributed by atoms with Gasteiger partial charge in [0.05, 0.1) is 8.07 Å². The predicted octanol–water partition coefficient (Wildman–Crippen LogP) is 12.9. The van der Waals surface area contributed by atoms with E-state index in [4.69, 9.17) is 0 Å². The molecule has 2 heteroatoms. The van der Waals surface area contributed by atoms with Crippen molar-refractivity contribution in [2.24, 2.45) is 0 Å². The molecule has 0 saturated carbocycles. The number of benzene rings is 7. The Morgan fingerprint density at radius 3 is 1.44 bits per heavy atom. The van der Waals surface area contributed by atoms with Gasteiger partial charge >= 0.3 is 0 Å². The average molecular weight is 638 g/mol. The monoisotopic (exact) mass is 637 g/mol. The van der Waals surface area contributed by atoms with Gasteiger partial charge in [0.15, 0.2) is 0 Å². The van der Waals surface area contributed by atoms with Crippen molar-refractivity contribution in [3.05, 3.63) is 145 Å². The van der Waals surface area contributed by atoms with E-state index in [0.717, 1.165) is 0 Å². The lowest BCUT2D eigenvalue weighted by molar-refractivity contribution is 0.590. The van der Waals surface area contributed by atoms with E-state index in [2.05, 4.69) is 186 Å². The molecule has 0 aromatic heterocycles. The number of rotatable bonds is 5. The molecule has 1 aliphatic rings. The predicted molar refractivity (Wildman–Crippen MR) is 212 cm³/mol. The van der Waals surface area contributed by atoms with Crippen molar-refractivity contribution in [1.29, 1.82) is 0 Å². The summed E-state index contributed by atoms with van der Waals surface area (Å²) in [6.45, 7) is 16.2. The zero-order valence-electron chi connectivity index (χ0n) is 29.1. The minimum Gasteiger partial charge on any atom is -0.310 e. The molecule has 0 heterocycles. The smallest absolute Gasteiger partial charge is 0.0775 e.